The third-order valence-corrected chi connectivity index (χ3v) is 3.23. The number of benzene rings is 1. The van der Waals surface area contributed by atoms with Crippen molar-refractivity contribution in [2.75, 3.05) is 20.2 Å². The van der Waals surface area contributed by atoms with Gasteiger partial charge in [0.2, 0.25) is 0 Å². The van der Waals surface area contributed by atoms with Gasteiger partial charge in [-0.3, -0.25) is 4.79 Å². The standard InChI is InChI=1S/C13H19BrN2O2/c1-4-16(3)12(17)8-18-13-9(2)5-11(14)6-10(13)7-15/h5-6H,4,7-8,15H2,1-3H3. The van der Waals surface area contributed by atoms with E-state index in [1.165, 1.54) is 0 Å². The number of ether oxygens (including phenoxy) is 1. The molecule has 0 atom stereocenters. The van der Waals surface area contributed by atoms with Crippen molar-refractivity contribution in [3.05, 3.63) is 27.7 Å². The molecule has 0 saturated heterocycles. The van der Waals surface area contributed by atoms with Crippen LogP contribution >= 0.6 is 15.9 Å². The fraction of sp³-hybridized carbons (Fsp3) is 0.462. The molecule has 0 aromatic heterocycles. The Labute approximate surface area is 116 Å². The molecule has 0 radical (unpaired) electrons. The van der Waals surface area contributed by atoms with Crippen molar-refractivity contribution in [2.24, 2.45) is 5.73 Å². The van der Waals surface area contributed by atoms with Crippen LogP contribution in [-0.4, -0.2) is 31.0 Å². The number of nitrogens with two attached hydrogens (primary N) is 1. The SMILES string of the molecule is CCN(C)C(=O)COc1c(C)cc(Br)cc1CN. The van der Waals surface area contributed by atoms with Crippen molar-refractivity contribution in [2.45, 2.75) is 20.4 Å². The molecule has 0 aliphatic carbocycles. The third-order valence-electron chi connectivity index (χ3n) is 2.78. The number of aryl methyl sites for hydroxylation is 1. The molecule has 4 nitrogen and oxygen atoms in total. The second-order valence-electron chi connectivity index (χ2n) is 4.11. The lowest BCUT2D eigenvalue weighted by atomic mass is 10.1. The second kappa shape index (κ2) is 6.75. The Morgan fingerprint density at radius 3 is 2.72 bits per heavy atom. The molecule has 1 aromatic rings. The number of halogens is 1. The molecule has 100 valence electrons. The van der Waals surface area contributed by atoms with Gasteiger partial charge < -0.3 is 15.4 Å². The smallest absolute Gasteiger partial charge is 0.260 e. The van der Waals surface area contributed by atoms with Gasteiger partial charge >= 0.3 is 0 Å². The first-order chi connectivity index (χ1) is 8.49. The van der Waals surface area contributed by atoms with Crippen LogP contribution in [0.5, 0.6) is 5.75 Å². The van der Waals surface area contributed by atoms with E-state index in [-0.39, 0.29) is 12.5 Å². The first-order valence-corrected chi connectivity index (χ1v) is 6.64. The van der Waals surface area contributed by atoms with Gasteiger partial charge in [0.1, 0.15) is 5.75 Å². The van der Waals surface area contributed by atoms with Crippen molar-refractivity contribution in [3.8, 4) is 5.75 Å². The van der Waals surface area contributed by atoms with Gasteiger partial charge in [-0.25, -0.2) is 0 Å². The van der Waals surface area contributed by atoms with E-state index in [9.17, 15) is 4.79 Å². The minimum Gasteiger partial charge on any atom is -0.483 e. The maximum absolute atomic E-state index is 11.7. The van der Waals surface area contributed by atoms with Crippen LogP contribution < -0.4 is 10.5 Å². The van der Waals surface area contributed by atoms with Crippen LogP contribution in [0, 0.1) is 6.92 Å². The summed E-state index contributed by atoms with van der Waals surface area (Å²) in [5.74, 6) is 0.668. The van der Waals surface area contributed by atoms with E-state index in [0.29, 0.717) is 18.8 Å². The number of carbonyl (C=O) groups is 1. The number of likely N-dealkylation sites (N-methyl/N-ethyl adjacent to an activating group) is 1. The van der Waals surface area contributed by atoms with Gasteiger partial charge in [0.25, 0.3) is 5.91 Å². The maximum Gasteiger partial charge on any atom is 0.260 e. The fourth-order valence-corrected chi connectivity index (χ4v) is 2.20. The summed E-state index contributed by atoms with van der Waals surface area (Å²) in [6, 6.07) is 3.86. The Hall–Kier alpha value is -1.07. The lowest BCUT2D eigenvalue weighted by molar-refractivity contribution is -0.131. The first kappa shape index (κ1) is 15.0. The number of nitrogens with zero attached hydrogens (tertiary/aromatic N) is 1. The van der Waals surface area contributed by atoms with Crippen LogP contribution in [0.4, 0.5) is 0 Å². The molecule has 1 amide bonds. The quantitative estimate of drug-likeness (QED) is 0.905. The summed E-state index contributed by atoms with van der Waals surface area (Å²) >= 11 is 3.42. The molecule has 0 saturated carbocycles. The van der Waals surface area contributed by atoms with E-state index in [4.69, 9.17) is 10.5 Å². The zero-order chi connectivity index (χ0) is 13.7. The summed E-state index contributed by atoms with van der Waals surface area (Å²) < 4.78 is 6.57. The predicted molar refractivity (Wildman–Crippen MR) is 75.6 cm³/mol. The summed E-state index contributed by atoms with van der Waals surface area (Å²) in [5, 5.41) is 0. The van der Waals surface area contributed by atoms with Crippen LogP contribution in [0.2, 0.25) is 0 Å². The highest BCUT2D eigenvalue weighted by atomic mass is 79.9. The van der Waals surface area contributed by atoms with E-state index in [2.05, 4.69) is 15.9 Å². The molecule has 0 fully saturated rings. The molecule has 2 N–H and O–H groups in total. The van der Waals surface area contributed by atoms with Crippen LogP contribution in [0.15, 0.2) is 16.6 Å². The molecule has 0 aliphatic heterocycles. The summed E-state index contributed by atoms with van der Waals surface area (Å²) in [7, 11) is 1.75. The van der Waals surface area contributed by atoms with Crippen LogP contribution in [0.25, 0.3) is 0 Å². The van der Waals surface area contributed by atoms with Gasteiger partial charge in [-0.05, 0) is 31.5 Å². The van der Waals surface area contributed by atoms with Gasteiger partial charge in [0.05, 0.1) is 0 Å². The Kier molecular flexibility index (Phi) is 5.62. The summed E-state index contributed by atoms with van der Waals surface area (Å²) in [6.07, 6.45) is 0. The van der Waals surface area contributed by atoms with Crippen LogP contribution in [-0.2, 0) is 11.3 Å². The molecular weight excluding hydrogens is 296 g/mol. The van der Waals surface area contributed by atoms with Crippen LogP contribution in [0.3, 0.4) is 0 Å². The second-order valence-corrected chi connectivity index (χ2v) is 5.03. The number of hydrogen-bond donors (Lipinski definition) is 1. The summed E-state index contributed by atoms with van der Waals surface area (Å²) in [5.41, 5.74) is 7.55. The molecule has 0 unspecified atom stereocenters. The molecule has 1 aromatic carbocycles. The third kappa shape index (κ3) is 3.71. The maximum atomic E-state index is 11.7. The Bertz CT molecular complexity index is 435. The minimum absolute atomic E-state index is 0.0391. The lowest BCUT2D eigenvalue weighted by Gasteiger charge is -2.17. The monoisotopic (exact) mass is 314 g/mol. The normalized spacial score (nSPS) is 10.3. The van der Waals surface area contributed by atoms with Gasteiger partial charge in [-0.2, -0.15) is 0 Å². The molecule has 0 aliphatic rings. The van der Waals surface area contributed by atoms with Crippen molar-refractivity contribution >= 4 is 21.8 Å². The molecule has 1 rings (SSSR count). The number of carbonyl (C=O) groups excluding carboxylic acids is 1. The molecule has 18 heavy (non-hydrogen) atoms. The average Bonchev–Trinajstić information content (AvgIpc) is 2.35. The molecule has 0 spiro atoms. The van der Waals surface area contributed by atoms with Crippen molar-refractivity contribution < 1.29 is 9.53 Å². The van der Waals surface area contributed by atoms with Crippen molar-refractivity contribution in [1.29, 1.82) is 0 Å². The van der Waals surface area contributed by atoms with Gasteiger partial charge in [-0.15, -0.1) is 0 Å². The topological polar surface area (TPSA) is 55.6 Å². The Morgan fingerprint density at radius 1 is 1.50 bits per heavy atom. The zero-order valence-electron chi connectivity index (χ0n) is 11.0. The highest BCUT2D eigenvalue weighted by molar-refractivity contribution is 9.10. The molecular formula is C13H19BrN2O2. The van der Waals surface area contributed by atoms with Gasteiger partial charge in [0, 0.05) is 30.2 Å². The summed E-state index contributed by atoms with van der Waals surface area (Å²) in [6.45, 7) is 4.96. The van der Waals surface area contributed by atoms with Crippen LogP contribution in [0.1, 0.15) is 18.1 Å². The molecule has 5 heteroatoms. The van der Waals surface area contributed by atoms with E-state index >= 15 is 0 Å². The number of hydrogen-bond acceptors (Lipinski definition) is 3. The van der Waals surface area contributed by atoms with E-state index in [1.807, 2.05) is 26.0 Å². The highest BCUT2D eigenvalue weighted by Crippen LogP contribution is 2.27. The van der Waals surface area contributed by atoms with E-state index < -0.39 is 0 Å². The predicted octanol–water partition coefficient (Wildman–Crippen LogP) is 2.07. The van der Waals surface area contributed by atoms with Crippen molar-refractivity contribution in [3.63, 3.8) is 0 Å². The van der Waals surface area contributed by atoms with Gasteiger partial charge in [0.15, 0.2) is 6.61 Å². The summed E-state index contributed by atoms with van der Waals surface area (Å²) in [4.78, 5) is 13.3. The molecule has 0 bridgehead atoms. The first-order valence-electron chi connectivity index (χ1n) is 5.85. The highest BCUT2D eigenvalue weighted by Gasteiger charge is 2.12. The van der Waals surface area contributed by atoms with Gasteiger partial charge in [-0.1, -0.05) is 15.9 Å². The fourth-order valence-electron chi connectivity index (χ4n) is 1.58. The largest absolute Gasteiger partial charge is 0.483 e. The molecule has 0 heterocycles. The van der Waals surface area contributed by atoms with E-state index in [0.717, 1.165) is 15.6 Å². The Morgan fingerprint density at radius 2 is 2.17 bits per heavy atom. The van der Waals surface area contributed by atoms with Crippen molar-refractivity contribution in [1.82, 2.24) is 4.90 Å². The van der Waals surface area contributed by atoms with E-state index in [1.54, 1.807) is 11.9 Å². The minimum atomic E-state index is -0.0391. The average molecular weight is 315 g/mol. The zero-order valence-corrected chi connectivity index (χ0v) is 12.6. The number of rotatable bonds is 5. The number of amides is 1. The Balaban J connectivity index is 2.81. The lowest BCUT2D eigenvalue weighted by Crippen LogP contribution is -2.31.